The Hall–Kier alpha value is -3.15. The predicted molar refractivity (Wildman–Crippen MR) is 311 cm³/mol. The zero-order valence-corrected chi connectivity index (χ0v) is 47.7. The van der Waals surface area contributed by atoms with E-state index in [0.29, 0.717) is 19.3 Å². The van der Waals surface area contributed by atoms with Crippen molar-refractivity contribution in [2.75, 3.05) is 13.2 Å². The Kier molecular flexibility index (Phi) is 57.8. The number of carbonyl (C=O) groups is 3. The van der Waals surface area contributed by atoms with Crippen LogP contribution in [0, 0.1) is 0 Å². The highest BCUT2D eigenvalue weighted by atomic mass is 16.6. The summed E-state index contributed by atoms with van der Waals surface area (Å²) in [5, 5.41) is 0. The molecule has 1 unspecified atom stereocenters. The lowest BCUT2D eigenvalue weighted by molar-refractivity contribution is -0.167. The zero-order chi connectivity index (χ0) is 52.2. The smallest absolute Gasteiger partial charge is 0.306 e. The van der Waals surface area contributed by atoms with Crippen LogP contribution in [-0.4, -0.2) is 37.2 Å². The van der Waals surface area contributed by atoms with E-state index in [1.165, 1.54) is 167 Å². The topological polar surface area (TPSA) is 78.9 Å². The molecular formula is C66H116O6. The lowest BCUT2D eigenvalue weighted by Crippen LogP contribution is -2.30. The van der Waals surface area contributed by atoms with Gasteiger partial charge in [0.05, 0.1) is 0 Å². The first-order valence-electron chi connectivity index (χ1n) is 30.9. The van der Waals surface area contributed by atoms with Crippen molar-refractivity contribution in [2.24, 2.45) is 0 Å². The van der Waals surface area contributed by atoms with Crippen LogP contribution < -0.4 is 0 Å². The summed E-state index contributed by atoms with van der Waals surface area (Å²) in [5.41, 5.74) is 0. The third-order valence-corrected chi connectivity index (χ3v) is 13.4. The third kappa shape index (κ3) is 57.7. The van der Waals surface area contributed by atoms with E-state index in [2.05, 4.69) is 93.7 Å². The van der Waals surface area contributed by atoms with Crippen LogP contribution in [0.1, 0.15) is 310 Å². The SMILES string of the molecule is CC/C=C\C/C=C\C/C=C\C/C=C\C/C=C\CCCCCCCCCCCCCCCCCC(=O)OCC(COC(=O)CCCCCCCCCCCCC)OC(=O)CCCCCCC/C=C\CCCCC. The monoisotopic (exact) mass is 1000 g/mol. The van der Waals surface area contributed by atoms with Gasteiger partial charge in [-0.25, -0.2) is 0 Å². The average molecular weight is 1010 g/mol. The van der Waals surface area contributed by atoms with Gasteiger partial charge in [0.15, 0.2) is 6.10 Å². The number of esters is 3. The van der Waals surface area contributed by atoms with Crippen molar-refractivity contribution < 1.29 is 28.6 Å². The minimum atomic E-state index is -0.775. The molecule has 0 aliphatic heterocycles. The molecule has 0 saturated carbocycles. The van der Waals surface area contributed by atoms with Crippen molar-refractivity contribution in [3.05, 3.63) is 72.9 Å². The van der Waals surface area contributed by atoms with Crippen LogP contribution in [0.4, 0.5) is 0 Å². The Labute approximate surface area is 446 Å². The van der Waals surface area contributed by atoms with Gasteiger partial charge in [0.25, 0.3) is 0 Å². The number of ether oxygens (including phenoxy) is 3. The fourth-order valence-electron chi connectivity index (χ4n) is 8.82. The minimum absolute atomic E-state index is 0.0741. The second kappa shape index (κ2) is 60.4. The maximum absolute atomic E-state index is 12.8. The summed E-state index contributed by atoms with van der Waals surface area (Å²) in [7, 11) is 0. The number of allylic oxidation sites excluding steroid dienone is 12. The highest BCUT2D eigenvalue weighted by Gasteiger charge is 2.19. The number of carbonyl (C=O) groups excluding carboxylic acids is 3. The average Bonchev–Trinajstić information content (AvgIpc) is 3.38. The van der Waals surface area contributed by atoms with E-state index in [4.69, 9.17) is 14.2 Å². The molecule has 0 fully saturated rings. The summed E-state index contributed by atoms with van der Waals surface area (Å²) in [6.45, 7) is 6.51. The maximum atomic E-state index is 12.8. The second-order valence-corrected chi connectivity index (χ2v) is 20.6. The first kappa shape index (κ1) is 68.8. The molecule has 0 rings (SSSR count). The first-order chi connectivity index (χ1) is 35.5. The van der Waals surface area contributed by atoms with Crippen molar-refractivity contribution in [1.29, 1.82) is 0 Å². The quantitative estimate of drug-likeness (QED) is 0.0261. The van der Waals surface area contributed by atoms with Gasteiger partial charge in [0.1, 0.15) is 13.2 Å². The van der Waals surface area contributed by atoms with E-state index in [9.17, 15) is 14.4 Å². The summed E-state index contributed by atoms with van der Waals surface area (Å²) in [4.78, 5) is 38.1. The van der Waals surface area contributed by atoms with Crippen LogP contribution in [0.3, 0.4) is 0 Å². The van der Waals surface area contributed by atoms with Gasteiger partial charge < -0.3 is 14.2 Å². The molecule has 6 nitrogen and oxygen atoms in total. The van der Waals surface area contributed by atoms with E-state index in [1.807, 2.05) is 0 Å². The molecule has 6 heteroatoms. The molecule has 0 aromatic carbocycles. The molecular weight excluding hydrogens is 889 g/mol. The molecule has 0 aromatic heterocycles. The van der Waals surface area contributed by atoms with Gasteiger partial charge in [-0.15, -0.1) is 0 Å². The number of hydrogen-bond acceptors (Lipinski definition) is 6. The normalized spacial score (nSPS) is 12.5. The molecule has 72 heavy (non-hydrogen) atoms. The Morgan fingerprint density at radius 2 is 0.542 bits per heavy atom. The van der Waals surface area contributed by atoms with Gasteiger partial charge in [0, 0.05) is 19.3 Å². The molecule has 0 spiro atoms. The van der Waals surface area contributed by atoms with Crippen molar-refractivity contribution in [2.45, 2.75) is 316 Å². The van der Waals surface area contributed by atoms with Gasteiger partial charge in [-0.3, -0.25) is 14.4 Å². The third-order valence-electron chi connectivity index (χ3n) is 13.4. The molecule has 416 valence electrons. The molecule has 1 atom stereocenters. The standard InChI is InChI=1S/C66H116O6/c1-4-7-10-13-16-19-22-24-25-26-27-28-29-30-31-32-33-34-35-36-37-38-39-40-41-42-45-47-50-53-56-59-65(68)71-62-63(61-70-64(67)58-55-52-49-46-43-21-18-15-12-9-6-3)72-66(69)60-57-54-51-48-44-23-20-17-14-11-8-5-2/h7,10,16-17,19-20,24-25,27-28,30-31,63H,4-6,8-9,11-15,18,21-23,26,29,32-62H2,1-3H3/b10-7-,19-16-,20-17-,25-24-,28-27-,31-30-. The Balaban J connectivity index is 4.10. The molecule has 0 N–H and O–H groups in total. The number of unbranched alkanes of at least 4 members (excludes halogenated alkanes) is 33. The van der Waals surface area contributed by atoms with E-state index in [1.54, 1.807) is 0 Å². The summed E-state index contributed by atoms with van der Waals surface area (Å²) < 4.78 is 16.8. The van der Waals surface area contributed by atoms with Crippen LogP contribution in [0.2, 0.25) is 0 Å². The first-order valence-corrected chi connectivity index (χ1v) is 30.9. The maximum Gasteiger partial charge on any atom is 0.306 e. The summed E-state index contributed by atoms with van der Waals surface area (Å²) in [6.07, 6.45) is 77.8. The van der Waals surface area contributed by atoms with Crippen LogP contribution in [0.15, 0.2) is 72.9 Å². The summed E-state index contributed by atoms with van der Waals surface area (Å²) in [5.74, 6) is -0.873. The summed E-state index contributed by atoms with van der Waals surface area (Å²) >= 11 is 0. The fraction of sp³-hybridized carbons (Fsp3) is 0.773. The highest BCUT2D eigenvalue weighted by molar-refractivity contribution is 5.71. The highest BCUT2D eigenvalue weighted by Crippen LogP contribution is 2.17. The van der Waals surface area contributed by atoms with E-state index in [0.717, 1.165) is 103 Å². The Bertz CT molecular complexity index is 1340. The Morgan fingerprint density at radius 3 is 0.889 bits per heavy atom. The molecule has 0 heterocycles. The lowest BCUT2D eigenvalue weighted by Gasteiger charge is -2.18. The van der Waals surface area contributed by atoms with Crippen molar-refractivity contribution >= 4 is 17.9 Å². The van der Waals surface area contributed by atoms with Crippen molar-refractivity contribution in [3.63, 3.8) is 0 Å². The Morgan fingerprint density at radius 1 is 0.292 bits per heavy atom. The molecule has 0 radical (unpaired) electrons. The van der Waals surface area contributed by atoms with E-state index >= 15 is 0 Å². The fourth-order valence-corrected chi connectivity index (χ4v) is 8.82. The number of rotatable bonds is 56. The molecule has 0 bridgehead atoms. The molecule has 0 amide bonds. The lowest BCUT2D eigenvalue weighted by atomic mass is 10.0. The van der Waals surface area contributed by atoms with Crippen molar-refractivity contribution in [3.8, 4) is 0 Å². The van der Waals surface area contributed by atoms with Gasteiger partial charge in [-0.05, 0) is 89.9 Å². The van der Waals surface area contributed by atoms with Crippen molar-refractivity contribution in [1.82, 2.24) is 0 Å². The molecule has 0 saturated heterocycles. The van der Waals surface area contributed by atoms with Gasteiger partial charge >= 0.3 is 17.9 Å². The second-order valence-electron chi connectivity index (χ2n) is 20.6. The molecule has 0 aliphatic carbocycles. The summed E-state index contributed by atoms with van der Waals surface area (Å²) in [6, 6.07) is 0. The minimum Gasteiger partial charge on any atom is -0.462 e. The van der Waals surface area contributed by atoms with Crippen LogP contribution in [0.25, 0.3) is 0 Å². The van der Waals surface area contributed by atoms with E-state index < -0.39 is 6.10 Å². The van der Waals surface area contributed by atoms with Crippen LogP contribution >= 0.6 is 0 Å². The molecule has 0 aromatic rings. The predicted octanol–water partition coefficient (Wildman–Crippen LogP) is 20.9. The van der Waals surface area contributed by atoms with Gasteiger partial charge in [0.2, 0.25) is 0 Å². The van der Waals surface area contributed by atoms with Crippen LogP contribution in [0.5, 0.6) is 0 Å². The van der Waals surface area contributed by atoms with Crippen LogP contribution in [-0.2, 0) is 28.6 Å². The van der Waals surface area contributed by atoms with E-state index in [-0.39, 0.29) is 31.1 Å². The van der Waals surface area contributed by atoms with Gasteiger partial charge in [-0.1, -0.05) is 273 Å². The zero-order valence-electron chi connectivity index (χ0n) is 47.7. The number of hydrogen-bond donors (Lipinski definition) is 0. The van der Waals surface area contributed by atoms with Gasteiger partial charge in [-0.2, -0.15) is 0 Å². The molecule has 0 aliphatic rings. The largest absolute Gasteiger partial charge is 0.462 e.